The predicted molar refractivity (Wildman–Crippen MR) is 67.6 cm³/mol. The van der Waals surface area contributed by atoms with E-state index in [1.54, 1.807) is 17.1 Å². The molecular formula is C11H19N3O3S. The Kier molecular flexibility index (Phi) is 3.63. The van der Waals surface area contributed by atoms with Crippen LogP contribution in [-0.4, -0.2) is 30.6 Å². The van der Waals surface area contributed by atoms with Crippen molar-refractivity contribution in [1.29, 1.82) is 0 Å². The molecule has 0 radical (unpaired) electrons. The summed E-state index contributed by atoms with van der Waals surface area (Å²) in [4.78, 5) is 0. The molecule has 0 bridgehead atoms. The number of hydrogen-bond donors (Lipinski definition) is 1. The fourth-order valence-corrected chi connectivity index (χ4v) is 3.82. The SMILES string of the molecule is Cn1cc(OCC2(CS(N)(=O)=O)CCCC2)cn1. The summed E-state index contributed by atoms with van der Waals surface area (Å²) in [7, 11) is -1.66. The lowest BCUT2D eigenvalue weighted by molar-refractivity contribution is 0.170. The Labute approximate surface area is 107 Å². The standard InChI is InChI=1S/C11H19N3O3S/c1-14-7-10(6-13-14)17-8-11(4-2-3-5-11)9-18(12,15)16/h6-7H,2-5,8-9H2,1H3,(H2,12,15,16). The van der Waals surface area contributed by atoms with Crippen molar-refractivity contribution in [3.05, 3.63) is 12.4 Å². The molecule has 0 aliphatic heterocycles. The molecule has 1 fully saturated rings. The fraction of sp³-hybridized carbons (Fsp3) is 0.727. The highest BCUT2D eigenvalue weighted by molar-refractivity contribution is 7.89. The Morgan fingerprint density at radius 1 is 1.50 bits per heavy atom. The van der Waals surface area contributed by atoms with Gasteiger partial charge in [0, 0.05) is 12.5 Å². The van der Waals surface area contributed by atoms with E-state index in [0.717, 1.165) is 25.7 Å². The minimum atomic E-state index is -3.47. The third-order valence-electron chi connectivity index (χ3n) is 3.40. The largest absolute Gasteiger partial charge is 0.490 e. The smallest absolute Gasteiger partial charge is 0.209 e. The molecule has 0 amide bonds. The Hall–Kier alpha value is -1.08. The molecule has 0 saturated heterocycles. The maximum absolute atomic E-state index is 11.3. The Balaban J connectivity index is 2.02. The van der Waals surface area contributed by atoms with Crippen LogP contribution in [0, 0.1) is 5.41 Å². The van der Waals surface area contributed by atoms with Crippen LogP contribution in [0.15, 0.2) is 12.4 Å². The predicted octanol–water partition coefficient (Wildman–Crippen LogP) is 0.648. The minimum absolute atomic E-state index is 0.000260. The highest BCUT2D eigenvalue weighted by Crippen LogP contribution is 2.39. The zero-order valence-corrected chi connectivity index (χ0v) is 11.3. The first-order valence-electron chi connectivity index (χ1n) is 6.01. The van der Waals surface area contributed by atoms with Crippen molar-refractivity contribution in [2.45, 2.75) is 25.7 Å². The number of nitrogens with zero attached hydrogens (tertiary/aromatic N) is 2. The minimum Gasteiger partial charge on any atom is -0.490 e. The summed E-state index contributed by atoms with van der Waals surface area (Å²) >= 11 is 0. The summed E-state index contributed by atoms with van der Waals surface area (Å²) in [5.41, 5.74) is -0.330. The molecular weight excluding hydrogens is 254 g/mol. The van der Waals surface area contributed by atoms with E-state index in [-0.39, 0.29) is 11.2 Å². The van der Waals surface area contributed by atoms with E-state index >= 15 is 0 Å². The summed E-state index contributed by atoms with van der Waals surface area (Å²) in [6.45, 7) is 0.384. The maximum Gasteiger partial charge on any atom is 0.209 e. The first-order valence-corrected chi connectivity index (χ1v) is 7.72. The molecule has 0 aromatic carbocycles. The second-order valence-corrected chi connectivity index (χ2v) is 6.77. The molecule has 2 N–H and O–H groups in total. The topological polar surface area (TPSA) is 87.2 Å². The van der Waals surface area contributed by atoms with Crippen LogP contribution in [0.4, 0.5) is 0 Å². The van der Waals surface area contributed by atoms with Gasteiger partial charge in [-0.3, -0.25) is 4.68 Å². The molecule has 1 aromatic rings. The van der Waals surface area contributed by atoms with Gasteiger partial charge in [-0.1, -0.05) is 12.8 Å². The number of nitrogens with two attached hydrogens (primary N) is 1. The number of primary sulfonamides is 1. The number of sulfonamides is 1. The van der Waals surface area contributed by atoms with Gasteiger partial charge < -0.3 is 4.74 Å². The van der Waals surface area contributed by atoms with E-state index in [9.17, 15) is 8.42 Å². The molecule has 102 valence electrons. The van der Waals surface area contributed by atoms with E-state index in [4.69, 9.17) is 9.88 Å². The van der Waals surface area contributed by atoms with Crippen molar-refractivity contribution < 1.29 is 13.2 Å². The summed E-state index contributed by atoms with van der Waals surface area (Å²) < 4.78 is 29.9. The normalized spacial score (nSPS) is 19.0. The van der Waals surface area contributed by atoms with Crippen LogP contribution in [0.25, 0.3) is 0 Å². The van der Waals surface area contributed by atoms with Crippen molar-refractivity contribution in [2.75, 3.05) is 12.4 Å². The van der Waals surface area contributed by atoms with E-state index in [0.29, 0.717) is 12.4 Å². The summed E-state index contributed by atoms with van der Waals surface area (Å²) in [5, 5.41) is 9.18. The lowest BCUT2D eigenvalue weighted by atomic mass is 9.90. The molecule has 0 spiro atoms. The highest BCUT2D eigenvalue weighted by atomic mass is 32.2. The van der Waals surface area contributed by atoms with Gasteiger partial charge in [0.05, 0.1) is 24.8 Å². The highest BCUT2D eigenvalue weighted by Gasteiger charge is 2.38. The molecule has 1 heterocycles. The molecule has 0 atom stereocenters. The molecule has 2 rings (SSSR count). The second kappa shape index (κ2) is 4.89. The lowest BCUT2D eigenvalue weighted by Crippen LogP contribution is -2.36. The quantitative estimate of drug-likeness (QED) is 0.853. The van der Waals surface area contributed by atoms with Gasteiger partial charge >= 0.3 is 0 Å². The fourth-order valence-electron chi connectivity index (χ4n) is 2.59. The van der Waals surface area contributed by atoms with Crippen molar-refractivity contribution in [3.8, 4) is 5.75 Å². The zero-order chi connectivity index (χ0) is 13.2. The molecule has 0 unspecified atom stereocenters. The van der Waals surface area contributed by atoms with Crippen LogP contribution in [0.1, 0.15) is 25.7 Å². The second-order valence-electron chi connectivity index (χ2n) is 5.15. The van der Waals surface area contributed by atoms with Crippen LogP contribution in [-0.2, 0) is 17.1 Å². The average molecular weight is 273 g/mol. The van der Waals surface area contributed by atoms with Crippen LogP contribution >= 0.6 is 0 Å². The first kappa shape index (κ1) is 13.4. The Morgan fingerprint density at radius 2 is 2.17 bits per heavy atom. The van der Waals surface area contributed by atoms with Crippen molar-refractivity contribution >= 4 is 10.0 Å². The van der Waals surface area contributed by atoms with E-state index < -0.39 is 10.0 Å². The summed E-state index contributed by atoms with van der Waals surface area (Å²) in [6, 6.07) is 0. The number of hydrogen-bond acceptors (Lipinski definition) is 4. The van der Waals surface area contributed by atoms with Crippen LogP contribution < -0.4 is 9.88 Å². The molecule has 6 nitrogen and oxygen atoms in total. The van der Waals surface area contributed by atoms with Crippen LogP contribution in [0.3, 0.4) is 0 Å². The molecule has 1 aromatic heterocycles. The molecule has 1 saturated carbocycles. The van der Waals surface area contributed by atoms with Crippen molar-refractivity contribution in [3.63, 3.8) is 0 Å². The molecule has 7 heteroatoms. The van der Waals surface area contributed by atoms with Gasteiger partial charge in [-0.25, -0.2) is 13.6 Å². The third kappa shape index (κ3) is 3.46. The van der Waals surface area contributed by atoms with E-state index in [1.807, 2.05) is 7.05 Å². The number of aryl methyl sites for hydroxylation is 1. The maximum atomic E-state index is 11.3. The van der Waals surface area contributed by atoms with Gasteiger partial charge in [-0.05, 0) is 12.8 Å². The first-order chi connectivity index (χ1) is 8.39. The monoisotopic (exact) mass is 273 g/mol. The van der Waals surface area contributed by atoms with Crippen molar-refractivity contribution in [2.24, 2.45) is 17.6 Å². The summed E-state index contributed by atoms with van der Waals surface area (Å²) in [6.07, 6.45) is 7.16. The van der Waals surface area contributed by atoms with Gasteiger partial charge in [0.1, 0.15) is 0 Å². The zero-order valence-electron chi connectivity index (χ0n) is 10.5. The summed E-state index contributed by atoms with van der Waals surface area (Å²) in [5.74, 6) is 0.665. The number of ether oxygens (including phenoxy) is 1. The van der Waals surface area contributed by atoms with E-state index in [1.165, 1.54) is 0 Å². The van der Waals surface area contributed by atoms with Gasteiger partial charge in [0.25, 0.3) is 0 Å². The number of rotatable bonds is 5. The van der Waals surface area contributed by atoms with E-state index in [2.05, 4.69) is 5.10 Å². The van der Waals surface area contributed by atoms with Gasteiger partial charge in [0.2, 0.25) is 10.0 Å². The Morgan fingerprint density at radius 3 is 2.67 bits per heavy atom. The third-order valence-corrected chi connectivity index (χ3v) is 4.41. The van der Waals surface area contributed by atoms with Gasteiger partial charge in [0.15, 0.2) is 5.75 Å². The van der Waals surface area contributed by atoms with Gasteiger partial charge in [-0.2, -0.15) is 5.10 Å². The average Bonchev–Trinajstić information content (AvgIpc) is 2.83. The lowest BCUT2D eigenvalue weighted by Gasteiger charge is -2.27. The Bertz CT molecular complexity index is 503. The van der Waals surface area contributed by atoms with Crippen molar-refractivity contribution in [1.82, 2.24) is 9.78 Å². The molecule has 1 aliphatic rings. The molecule has 18 heavy (non-hydrogen) atoms. The van der Waals surface area contributed by atoms with Crippen LogP contribution in [0.5, 0.6) is 5.75 Å². The molecule has 1 aliphatic carbocycles. The number of aromatic nitrogens is 2. The van der Waals surface area contributed by atoms with Gasteiger partial charge in [-0.15, -0.1) is 0 Å². The van der Waals surface area contributed by atoms with Crippen LogP contribution in [0.2, 0.25) is 0 Å².